The molecule has 0 radical (unpaired) electrons. The van der Waals surface area contributed by atoms with Gasteiger partial charge in [-0.3, -0.25) is 9.89 Å². The van der Waals surface area contributed by atoms with Crippen LogP contribution in [0.25, 0.3) is 0 Å². The molecule has 0 fully saturated rings. The van der Waals surface area contributed by atoms with Crippen LogP contribution < -0.4 is 4.90 Å². The van der Waals surface area contributed by atoms with Gasteiger partial charge in [0.25, 0.3) is 0 Å². The summed E-state index contributed by atoms with van der Waals surface area (Å²) in [5.74, 6) is 0.0146. The monoisotopic (exact) mass is 215 g/mol. The molecular formula is C12H13N3O. The summed E-state index contributed by atoms with van der Waals surface area (Å²) >= 11 is 0. The van der Waals surface area contributed by atoms with Crippen LogP contribution >= 0.6 is 0 Å². The Hall–Kier alpha value is -2.10. The van der Waals surface area contributed by atoms with Crippen molar-refractivity contribution in [1.29, 1.82) is 0 Å². The maximum atomic E-state index is 11.6. The van der Waals surface area contributed by atoms with E-state index >= 15 is 0 Å². The van der Waals surface area contributed by atoms with Crippen molar-refractivity contribution in [3.05, 3.63) is 48.3 Å². The van der Waals surface area contributed by atoms with Crippen LogP contribution in [0.5, 0.6) is 0 Å². The average molecular weight is 215 g/mol. The largest absolute Gasteiger partial charge is 0.307 e. The van der Waals surface area contributed by atoms with E-state index in [4.69, 9.17) is 0 Å². The zero-order valence-corrected chi connectivity index (χ0v) is 9.05. The summed E-state index contributed by atoms with van der Waals surface area (Å²) in [7, 11) is 0. The lowest BCUT2D eigenvalue weighted by Crippen LogP contribution is -2.27. The summed E-state index contributed by atoms with van der Waals surface area (Å²) in [6, 6.07) is 11.4. The highest BCUT2D eigenvalue weighted by Crippen LogP contribution is 2.15. The molecule has 16 heavy (non-hydrogen) atoms. The highest BCUT2D eigenvalue weighted by molar-refractivity contribution is 5.91. The summed E-state index contributed by atoms with van der Waals surface area (Å²) in [6.07, 6.45) is 1.68. The first-order valence-electron chi connectivity index (χ1n) is 5.09. The maximum Gasteiger partial charge on any atom is 0.224 e. The van der Waals surface area contributed by atoms with E-state index in [0.717, 1.165) is 11.4 Å². The number of nitrogens with one attached hydrogen (secondary N) is 1. The van der Waals surface area contributed by atoms with Crippen molar-refractivity contribution in [2.45, 2.75) is 13.5 Å². The molecule has 1 aromatic heterocycles. The van der Waals surface area contributed by atoms with Crippen LogP contribution in [-0.4, -0.2) is 16.1 Å². The van der Waals surface area contributed by atoms with Crippen molar-refractivity contribution in [1.82, 2.24) is 10.2 Å². The Labute approximate surface area is 93.9 Å². The molecule has 0 unspecified atom stereocenters. The fraction of sp³-hybridized carbons (Fsp3) is 0.167. The van der Waals surface area contributed by atoms with Crippen molar-refractivity contribution >= 4 is 11.6 Å². The molecule has 1 amide bonds. The summed E-state index contributed by atoms with van der Waals surface area (Å²) in [5, 5.41) is 6.71. The highest BCUT2D eigenvalue weighted by atomic mass is 16.2. The van der Waals surface area contributed by atoms with Gasteiger partial charge in [0, 0.05) is 18.8 Å². The van der Waals surface area contributed by atoms with Gasteiger partial charge < -0.3 is 4.90 Å². The van der Waals surface area contributed by atoms with Gasteiger partial charge >= 0.3 is 0 Å². The zero-order valence-electron chi connectivity index (χ0n) is 9.05. The van der Waals surface area contributed by atoms with Crippen molar-refractivity contribution in [2.24, 2.45) is 0 Å². The minimum Gasteiger partial charge on any atom is -0.307 e. The number of rotatable bonds is 3. The number of aromatic amines is 1. The predicted molar refractivity (Wildman–Crippen MR) is 61.9 cm³/mol. The molecule has 1 N–H and O–H groups in total. The third-order valence-electron chi connectivity index (χ3n) is 2.33. The smallest absolute Gasteiger partial charge is 0.224 e. The minimum absolute atomic E-state index is 0.0146. The quantitative estimate of drug-likeness (QED) is 0.850. The zero-order chi connectivity index (χ0) is 11.4. The summed E-state index contributed by atoms with van der Waals surface area (Å²) in [4.78, 5) is 13.3. The molecular weight excluding hydrogens is 202 g/mol. The maximum absolute atomic E-state index is 11.6. The first kappa shape index (κ1) is 10.4. The van der Waals surface area contributed by atoms with E-state index in [1.807, 2.05) is 36.4 Å². The number of para-hydroxylation sites is 1. The fourth-order valence-corrected chi connectivity index (χ4v) is 1.54. The van der Waals surface area contributed by atoms with E-state index in [9.17, 15) is 4.79 Å². The van der Waals surface area contributed by atoms with E-state index in [1.54, 1.807) is 18.0 Å². The van der Waals surface area contributed by atoms with Gasteiger partial charge in [-0.25, -0.2) is 0 Å². The Balaban J connectivity index is 2.22. The first-order valence-corrected chi connectivity index (χ1v) is 5.09. The van der Waals surface area contributed by atoms with E-state index < -0.39 is 0 Å². The second kappa shape index (κ2) is 4.61. The molecule has 4 heteroatoms. The number of H-pyrrole nitrogens is 1. The van der Waals surface area contributed by atoms with Crippen molar-refractivity contribution in [3.63, 3.8) is 0 Å². The molecule has 0 aliphatic carbocycles. The summed E-state index contributed by atoms with van der Waals surface area (Å²) in [6.45, 7) is 2.07. The van der Waals surface area contributed by atoms with Crippen molar-refractivity contribution in [2.75, 3.05) is 4.90 Å². The molecule has 0 saturated heterocycles. The lowest BCUT2D eigenvalue weighted by atomic mass is 10.2. The molecule has 0 saturated carbocycles. The molecule has 0 bridgehead atoms. The molecule has 1 heterocycles. The number of carbonyl (C=O) groups excluding carboxylic acids is 1. The molecule has 0 atom stereocenters. The lowest BCUT2D eigenvalue weighted by Gasteiger charge is -2.20. The standard InChI is InChI=1S/C12H13N3O/c1-10(16)15(9-11-7-8-13-14-11)12-5-3-2-4-6-12/h2-8H,9H2,1H3,(H,13,14). The average Bonchev–Trinajstić information content (AvgIpc) is 2.79. The van der Waals surface area contributed by atoms with Crippen molar-refractivity contribution in [3.8, 4) is 0 Å². The third kappa shape index (κ3) is 2.28. The fourth-order valence-electron chi connectivity index (χ4n) is 1.54. The van der Waals surface area contributed by atoms with E-state index in [0.29, 0.717) is 6.54 Å². The lowest BCUT2D eigenvalue weighted by molar-refractivity contribution is -0.116. The van der Waals surface area contributed by atoms with Crippen LogP contribution in [-0.2, 0) is 11.3 Å². The van der Waals surface area contributed by atoms with Gasteiger partial charge in [0.05, 0.1) is 12.2 Å². The second-order valence-electron chi connectivity index (χ2n) is 3.52. The minimum atomic E-state index is 0.0146. The van der Waals surface area contributed by atoms with Gasteiger partial charge in [0.1, 0.15) is 0 Å². The number of hydrogen-bond donors (Lipinski definition) is 1. The molecule has 4 nitrogen and oxygen atoms in total. The van der Waals surface area contributed by atoms with Crippen molar-refractivity contribution < 1.29 is 4.79 Å². The SMILES string of the molecule is CC(=O)N(Cc1ccn[nH]1)c1ccccc1. The van der Waals surface area contributed by atoms with Crippen LogP contribution in [0.2, 0.25) is 0 Å². The Morgan fingerprint density at radius 1 is 1.31 bits per heavy atom. The number of aromatic nitrogens is 2. The Morgan fingerprint density at radius 3 is 2.62 bits per heavy atom. The number of amides is 1. The van der Waals surface area contributed by atoms with Gasteiger partial charge in [-0.05, 0) is 18.2 Å². The topological polar surface area (TPSA) is 49.0 Å². The number of nitrogens with zero attached hydrogens (tertiary/aromatic N) is 2. The Bertz CT molecular complexity index is 450. The first-order chi connectivity index (χ1) is 7.77. The van der Waals surface area contributed by atoms with Gasteiger partial charge in [-0.15, -0.1) is 0 Å². The normalized spacial score (nSPS) is 10.1. The van der Waals surface area contributed by atoms with E-state index in [1.165, 1.54) is 0 Å². The molecule has 82 valence electrons. The summed E-state index contributed by atoms with van der Waals surface area (Å²) in [5.41, 5.74) is 1.81. The highest BCUT2D eigenvalue weighted by Gasteiger charge is 2.11. The molecule has 2 aromatic rings. The molecule has 2 rings (SSSR count). The molecule has 0 spiro atoms. The number of hydrogen-bond acceptors (Lipinski definition) is 2. The van der Waals surface area contributed by atoms with Gasteiger partial charge in [0.15, 0.2) is 0 Å². The number of anilines is 1. The predicted octanol–water partition coefficient (Wildman–Crippen LogP) is 1.96. The summed E-state index contributed by atoms with van der Waals surface area (Å²) < 4.78 is 0. The van der Waals surface area contributed by atoms with Crippen LogP contribution in [0.1, 0.15) is 12.6 Å². The van der Waals surface area contributed by atoms with Crippen LogP contribution in [0, 0.1) is 0 Å². The second-order valence-corrected chi connectivity index (χ2v) is 3.52. The Morgan fingerprint density at radius 2 is 2.06 bits per heavy atom. The van der Waals surface area contributed by atoms with E-state index in [2.05, 4.69) is 10.2 Å². The number of carbonyl (C=O) groups is 1. The molecule has 1 aromatic carbocycles. The molecule has 0 aliphatic heterocycles. The van der Waals surface area contributed by atoms with Crippen LogP contribution in [0.3, 0.4) is 0 Å². The van der Waals surface area contributed by atoms with Gasteiger partial charge in [0.2, 0.25) is 5.91 Å². The Kier molecular flexibility index (Phi) is 3.00. The van der Waals surface area contributed by atoms with Gasteiger partial charge in [-0.2, -0.15) is 5.10 Å². The van der Waals surface area contributed by atoms with Crippen LogP contribution in [0.15, 0.2) is 42.6 Å². The number of benzene rings is 1. The van der Waals surface area contributed by atoms with Crippen LogP contribution in [0.4, 0.5) is 5.69 Å². The van der Waals surface area contributed by atoms with E-state index in [-0.39, 0.29) is 5.91 Å². The third-order valence-corrected chi connectivity index (χ3v) is 2.33. The molecule has 0 aliphatic rings. The van der Waals surface area contributed by atoms with Gasteiger partial charge in [-0.1, -0.05) is 18.2 Å².